The molecule has 1 aromatic carbocycles. The number of methoxy groups -OCH3 is 1. The first-order chi connectivity index (χ1) is 9.74. The third-order valence-electron chi connectivity index (χ3n) is 3.85. The summed E-state index contributed by atoms with van der Waals surface area (Å²) in [4.78, 5) is 11.9. The van der Waals surface area contributed by atoms with Gasteiger partial charge in [0.15, 0.2) is 11.5 Å². The highest BCUT2D eigenvalue weighted by atomic mass is 16.5. The molecular weight excluding hydrogens is 252 g/mol. The number of carbonyl (C=O) groups excluding carboxylic acids is 1. The van der Waals surface area contributed by atoms with Gasteiger partial charge < -0.3 is 9.47 Å². The summed E-state index contributed by atoms with van der Waals surface area (Å²) >= 11 is 0. The van der Waals surface area contributed by atoms with E-state index in [1.807, 2.05) is 18.2 Å². The van der Waals surface area contributed by atoms with Crippen molar-refractivity contribution in [3.8, 4) is 11.5 Å². The third kappa shape index (κ3) is 3.75. The van der Waals surface area contributed by atoms with Crippen molar-refractivity contribution in [2.24, 2.45) is 5.92 Å². The van der Waals surface area contributed by atoms with Gasteiger partial charge in [0, 0.05) is 12.3 Å². The summed E-state index contributed by atoms with van der Waals surface area (Å²) in [5.74, 6) is 2.16. The minimum atomic E-state index is 0.191. The summed E-state index contributed by atoms with van der Waals surface area (Å²) in [6.45, 7) is 2.76. The largest absolute Gasteiger partial charge is 0.493 e. The van der Waals surface area contributed by atoms with Crippen LogP contribution in [0.2, 0.25) is 0 Å². The Labute approximate surface area is 121 Å². The van der Waals surface area contributed by atoms with Gasteiger partial charge in [-0.25, -0.2) is 0 Å². The molecule has 1 fully saturated rings. The maximum Gasteiger partial charge on any atom is 0.161 e. The van der Waals surface area contributed by atoms with Gasteiger partial charge in [-0.15, -0.1) is 0 Å². The number of hydrogen-bond donors (Lipinski definition) is 0. The van der Waals surface area contributed by atoms with Crippen molar-refractivity contribution in [1.82, 2.24) is 0 Å². The molecule has 1 saturated carbocycles. The highest BCUT2D eigenvalue weighted by Crippen LogP contribution is 2.31. The highest BCUT2D eigenvalue weighted by molar-refractivity contribution is 5.81. The lowest BCUT2D eigenvalue weighted by molar-refractivity contribution is -0.124. The van der Waals surface area contributed by atoms with Gasteiger partial charge in [-0.3, -0.25) is 4.79 Å². The molecule has 3 heteroatoms. The lowest BCUT2D eigenvalue weighted by Crippen LogP contribution is -2.21. The molecule has 1 aromatic rings. The standard InChI is InChI=1S/C17H24O3/c1-3-10-20-17-12-13(8-9-16(17)19-2)11-14-6-4-5-7-15(14)18/h8-9,12,14H,3-7,10-11H2,1-2H3. The SMILES string of the molecule is CCCOc1cc(CC2CCCCC2=O)ccc1OC. The van der Waals surface area contributed by atoms with Gasteiger partial charge in [-0.05, 0) is 43.4 Å². The van der Waals surface area contributed by atoms with E-state index in [1.165, 1.54) is 6.42 Å². The normalized spacial score (nSPS) is 18.9. The minimum absolute atomic E-state index is 0.191. The smallest absolute Gasteiger partial charge is 0.161 e. The molecule has 0 amide bonds. The lowest BCUT2D eigenvalue weighted by Gasteiger charge is -2.21. The van der Waals surface area contributed by atoms with Gasteiger partial charge in [-0.2, -0.15) is 0 Å². The topological polar surface area (TPSA) is 35.5 Å². The molecule has 0 heterocycles. The molecule has 0 radical (unpaired) electrons. The van der Waals surface area contributed by atoms with E-state index in [4.69, 9.17) is 9.47 Å². The Kier molecular flexibility index (Phi) is 5.45. The van der Waals surface area contributed by atoms with Crippen molar-refractivity contribution in [2.45, 2.75) is 45.4 Å². The van der Waals surface area contributed by atoms with E-state index >= 15 is 0 Å². The fourth-order valence-corrected chi connectivity index (χ4v) is 2.73. The molecule has 2 rings (SSSR count). The number of carbonyl (C=O) groups is 1. The Morgan fingerprint density at radius 2 is 2.10 bits per heavy atom. The van der Waals surface area contributed by atoms with Crippen LogP contribution in [0.3, 0.4) is 0 Å². The van der Waals surface area contributed by atoms with Crippen molar-refractivity contribution in [1.29, 1.82) is 0 Å². The minimum Gasteiger partial charge on any atom is -0.493 e. The van der Waals surface area contributed by atoms with E-state index in [0.29, 0.717) is 12.4 Å². The zero-order valence-corrected chi connectivity index (χ0v) is 12.5. The van der Waals surface area contributed by atoms with Crippen LogP contribution < -0.4 is 9.47 Å². The van der Waals surface area contributed by atoms with Gasteiger partial charge in [0.05, 0.1) is 13.7 Å². The van der Waals surface area contributed by atoms with E-state index in [0.717, 1.165) is 49.2 Å². The van der Waals surface area contributed by atoms with Gasteiger partial charge in [0.2, 0.25) is 0 Å². The first-order valence-electron chi connectivity index (χ1n) is 7.57. The molecule has 1 unspecified atom stereocenters. The summed E-state index contributed by atoms with van der Waals surface area (Å²) in [5, 5.41) is 0. The van der Waals surface area contributed by atoms with Gasteiger partial charge in [0.1, 0.15) is 5.78 Å². The van der Waals surface area contributed by atoms with Crippen LogP contribution in [0.4, 0.5) is 0 Å². The van der Waals surface area contributed by atoms with Crippen molar-refractivity contribution in [2.75, 3.05) is 13.7 Å². The molecule has 1 aliphatic carbocycles. The van der Waals surface area contributed by atoms with Crippen LogP contribution in [0.5, 0.6) is 11.5 Å². The van der Waals surface area contributed by atoms with Crippen LogP contribution in [-0.4, -0.2) is 19.5 Å². The Hall–Kier alpha value is -1.51. The Balaban J connectivity index is 2.09. The summed E-state index contributed by atoms with van der Waals surface area (Å²) in [6, 6.07) is 6.00. The molecule has 0 saturated heterocycles. The molecule has 0 aromatic heterocycles. The maximum absolute atomic E-state index is 11.9. The third-order valence-corrected chi connectivity index (χ3v) is 3.85. The van der Waals surface area contributed by atoms with E-state index in [9.17, 15) is 4.79 Å². The van der Waals surface area contributed by atoms with E-state index < -0.39 is 0 Å². The molecule has 0 spiro atoms. The second-order valence-electron chi connectivity index (χ2n) is 5.45. The second-order valence-corrected chi connectivity index (χ2v) is 5.45. The maximum atomic E-state index is 11.9. The summed E-state index contributed by atoms with van der Waals surface area (Å²) < 4.78 is 11.0. The highest BCUT2D eigenvalue weighted by Gasteiger charge is 2.22. The monoisotopic (exact) mass is 276 g/mol. The van der Waals surface area contributed by atoms with Crippen LogP contribution >= 0.6 is 0 Å². The first kappa shape index (κ1) is 14.9. The quantitative estimate of drug-likeness (QED) is 0.793. The van der Waals surface area contributed by atoms with Gasteiger partial charge in [0.25, 0.3) is 0 Å². The Morgan fingerprint density at radius 3 is 2.80 bits per heavy atom. The molecule has 0 aliphatic heterocycles. The van der Waals surface area contributed by atoms with Crippen molar-refractivity contribution in [3.63, 3.8) is 0 Å². The molecule has 0 N–H and O–H groups in total. The van der Waals surface area contributed by atoms with E-state index in [1.54, 1.807) is 7.11 Å². The summed E-state index contributed by atoms with van der Waals surface area (Å²) in [7, 11) is 1.65. The van der Waals surface area contributed by atoms with Crippen LogP contribution in [-0.2, 0) is 11.2 Å². The molecule has 20 heavy (non-hydrogen) atoms. The molecule has 1 atom stereocenters. The Bertz CT molecular complexity index is 454. The van der Waals surface area contributed by atoms with Gasteiger partial charge >= 0.3 is 0 Å². The molecule has 1 aliphatic rings. The average molecular weight is 276 g/mol. The van der Waals surface area contributed by atoms with Crippen LogP contribution in [0.25, 0.3) is 0 Å². The van der Waals surface area contributed by atoms with E-state index in [2.05, 4.69) is 6.92 Å². The van der Waals surface area contributed by atoms with Crippen molar-refractivity contribution in [3.05, 3.63) is 23.8 Å². The van der Waals surface area contributed by atoms with Crippen LogP contribution in [0.15, 0.2) is 18.2 Å². The number of benzene rings is 1. The van der Waals surface area contributed by atoms with Gasteiger partial charge in [-0.1, -0.05) is 19.4 Å². The molecule has 3 nitrogen and oxygen atoms in total. The number of hydrogen-bond acceptors (Lipinski definition) is 3. The number of ketones is 1. The first-order valence-corrected chi connectivity index (χ1v) is 7.57. The predicted molar refractivity (Wildman–Crippen MR) is 79.4 cm³/mol. The van der Waals surface area contributed by atoms with Crippen molar-refractivity contribution >= 4 is 5.78 Å². The fraction of sp³-hybridized carbons (Fsp3) is 0.588. The number of ether oxygens (including phenoxy) is 2. The lowest BCUT2D eigenvalue weighted by atomic mass is 9.84. The number of Topliss-reactive ketones (excluding diaryl/α,β-unsaturated/α-hetero) is 1. The summed E-state index contributed by atoms with van der Waals surface area (Å²) in [6.07, 6.45) is 5.80. The van der Waals surface area contributed by atoms with Crippen LogP contribution in [0, 0.1) is 5.92 Å². The molecule has 0 bridgehead atoms. The second kappa shape index (κ2) is 7.32. The fourth-order valence-electron chi connectivity index (χ4n) is 2.73. The average Bonchev–Trinajstić information content (AvgIpc) is 2.47. The molecule has 110 valence electrons. The van der Waals surface area contributed by atoms with Crippen LogP contribution in [0.1, 0.15) is 44.6 Å². The van der Waals surface area contributed by atoms with Crippen molar-refractivity contribution < 1.29 is 14.3 Å². The van der Waals surface area contributed by atoms with E-state index in [-0.39, 0.29) is 5.92 Å². The Morgan fingerprint density at radius 1 is 1.25 bits per heavy atom. The predicted octanol–water partition coefficient (Wildman–Crippen LogP) is 3.79. The molecular formula is C17H24O3. The zero-order chi connectivity index (χ0) is 14.4. The summed E-state index contributed by atoms with van der Waals surface area (Å²) in [5.41, 5.74) is 1.16. The number of rotatable bonds is 6. The zero-order valence-electron chi connectivity index (χ0n) is 12.5.